The number of ether oxygens (including phenoxy) is 1. The molecule has 0 aliphatic heterocycles. The number of hydrogen-bond acceptors (Lipinski definition) is 4. The summed E-state index contributed by atoms with van der Waals surface area (Å²) in [5.74, 6) is -0.328. The summed E-state index contributed by atoms with van der Waals surface area (Å²) in [7, 11) is 1.38. The molecule has 0 saturated carbocycles. The Balaban J connectivity index is 2.09. The number of aromatic nitrogens is 2. The van der Waals surface area contributed by atoms with Gasteiger partial charge in [-0.2, -0.15) is 5.10 Å². The zero-order valence-corrected chi connectivity index (χ0v) is 12.9. The lowest BCUT2D eigenvalue weighted by Gasteiger charge is -2.10. The van der Waals surface area contributed by atoms with E-state index in [1.165, 1.54) is 7.11 Å². The quantitative estimate of drug-likeness (QED) is 0.858. The first-order valence-corrected chi connectivity index (χ1v) is 6.97. The standard InChI is InChI=1S/C16H21N3O2/c1-11(2)19-10-13(9-18-19)8-17-15-7-14(16(20)21-4)6-5-12(15)3/h5-7,9-11,17H,8H2,1-4H3. The molecule has 0 amide bonds. The van der Waals surface area contributed by atoms with Gasteiger partial charge in [-0.05, 0) is 38.5 Å². The van der Waals surface area contributed by atoms with E-state index in [1.54, 1.807) is 6.07 Å². The average Bonchev–Trinajstić information content (AvgIpc) is 2.94. The van der Waals surface area contributed by atoms with Gasteiger partial charge in [0.25, 0.3) is 0 Å². The first-order chi connectivity index (χ1) is 10.0. The summed E-state index contributed by atoms with van der Waals surface area (Å²) in [6.45, 7) is 6.85. The van der Waals surface area contributed by atoms with Crippen LogP contribution in [-0.2, 0) is 11.3 Å². The van der Waals surface area contributed by atoms with Crippen LogP contribution in [-0.4, -0.2) is 22.9 Å². The van der Waals surface area contributed by atoms with E-state index >= 15 is 0 Å². The van der Waals surface area contributed by atoms with Crippen LogP contribution in [0, 0.1) is 6.92 Å². The van der Waals surface area contributed by atoms with Gasteiger partial charge in [0.05, 0.1) is 18.9 Å². The lowest BCUT2D eigenvalue weighted by Crippen LogP contribution is -2.05. The van der Waals surface area contributed by atoms with Gasteiger partial charge in [-0.3, -0.25) is 4.68 Å². The molecule has 5 nitrogen and oxygen atoms in total. The van der Waals surface area contributed by atoms with E-state index in [2.05, 4.69) is 24.3 Å². The van der Waals surface area contributed by atoms with Crippen LogP contribution in [0.25, 0.3) is 0 Å². The van der Waals surface area contributed by atoms with Gasteiger partial charge in [-0.1, -0.05) is 6.07 Å². The van der Waals surface area contributed by atoms with Gasteiger partial charge in [0, 0.05) is 30.0 Å². The van der Waals surface area contributed by atoms with E-state index in [0.717, 1.165) is 16.8 Å². The minimum absolute atomic E-state index is 0.328. The molecule has 0 atom stereocenters. The van der Waals surface area contributed by atoms with Crippen molar-refractivity contribution in [2.24, 2.45) is 0 Å². The molecule has 2 aromatic rings. The molecule has 0 aliphatic rings. The lowest BCUT2D eigenvalue weighted by atomic mass is 10.1. The molecule has 112 valence electrons. The Labute approximate surface area is 124 Å². The molecule has 0 spiro atoms. The van der Waals surface area contributed by atoms with Crippen molar-refractivity contribution in [3.8, 4) is 0 Å². The monoisotopic (exact) mass is 287 g/mol. The molecule has 0 bridgehead atoms. The topological polar surface area (TPSA) is 56.1 Å². The van der Waals surface area contributed by atoms with Crippen molar-refractivity contribution in [1.82, 2.24) is 9.78 Å². The number of benzene rings is 1. The first kappa shape index (κ1) is 15.1. The Morgan fingerprint density at radius 3 is 2.81 bits per heavy atom. The summed E-state index contributed by atoms with van der Waals surface area (Å²) >= 11 is 0. The minimum Gasteiger partial charge on any atom is -0.465 e. The Kier molecular flexibility index (Phi) is 4.62. The molecule has 0 fully saturated rings. The maximum Gasteiger partial charge on any atom is 0.337 e. The van der Waals surface area contributed by atoms with Crippen molar-refractivity contribution in [2.75, 3.05) is 12.4 Å². The number of esters is 1. The Morgan fingerprint density at radius 1 is 1.43 bits per heavy atom. The predicted octanol–water partition coefficient (Wildman–Crippen LogP) is 3.17. The lowest BCUT2D eigenvalue weighted by molar-refractivity contribution is 0.0601. The van der Waals surface area contributed by atoms with Gasteiger partial charge in [-0.15, -0.1) is 0 Å². The molecule has 21 heavy (non-hydrogen) atoms. The van der Waals surface area contributed by atoms with Gasteiger partial charge in [0.1, 0.15) is 0 Å². The van der Waals surface area contributed by atoms with Gasteiger partial charge >= 0.3 is 5.97 Å². The van der Waals surface area contributed by atoms with E-state index in [1.807, 2.05) is 36.1 Å². The highest BCUT2D eigenvalue weighted by Crippen LogP contribution is 2.18. The predicted molar refractivity (Wildman–Crippen MR) is 82.5 cm³/mol. The molecule has 2 rings (SSSR count). The van der Waals surface area contributed by atoms with Crippen LogP contribution in [0.2, 0.25) is 0 Å². The van der Waals surface area contributed by atoms with Crippen molar-refractivity contribution in [2.45, 2.75) is 33.4 Å². The van der Waals surface area contributed by atoms with Crippen molar-refractivity contribution < 1.29 is 9.53 Å². The second kappa shape index (κ2) is 6.43. The van der Waals surface area contributed by atoms with Gasteiger partial charge < -0.3 is 10.1 Å². The van der Waals surface area contributed by atoms with Crippen molar-refractivity contribution in [1.29, 1.82) is 0 Å². The highest BCUT2D eigenvalue weighted by Gasteiger charge is 2.08. The molecule has 5 heteroatoms. The van der Waals surface area contributed by atoms with E-state index in [0.29, 0.717) is 18.2 Å². The Bertz CT molecular complexity index is 632. The van der Waals surface area contributed by atoms with Crippen molar-refractivity contribution in [3.63, 3.8) is 0 Å². The summed E-state index contributed by atoms with van der Waals surface area (Å²) in [5, 5.41) is 7.65. The number of carbonyl (C=O) groups is 1. The van der Waals surface area contributed by atoms with E-state index in [4.69, 9.17) is 4.74 Å². The molecular formula is C16H21N3O2. The van der Waals surface area contributed by atoms with Gasteiger partial charge in [0.2, 0.25) is 0 Å². The maximum absolute atomic E-state index is 11.6. The number of nitrogens with one attached hydrogen (secondary N) is 1. The normalized spacial score (nSPS) is 10.7. The molecule has 0 radical (unpaired) electrons. The van der Waals surface area contributed by atoms with Gasteiger partial charge in [0.15, 0.2) is 0 Å². The third-order valence-electron chi connectivity index (χ3n) is 3.33. The maximum atomic E-state index is 11.6. The first-order valence-electron chi connectivity index (χ1n) is 6.97. The largest absolute Gasteiger partial charge is 0.465 e. The van der Waals surface area contributed by atoms with Crippen LogP contribution in [0.1, 0.15) is 41.4 Å². The van der Waals surface area contributed by atoms with Crippen molar-refractivity contribution in [3.05, 3.63) is 47.3 Å². The van der Waals surface area contributed by atoms with Crippen LogP contribution in [0.4, 0.5) is 5.69 Å². The molecular weight excluding hydrogens is 266 g/mol. The number of nitrogens with zero attached hydrogens (tertiary/aromatic N) is 2. The van der Waals surface area contributed by atoms with Crippen LogP contribution >= 0.6 is 0 Å². The fraction of sp³-hybridized carbons (Fsp3) is 0.375. The number of carbonyl (C=O) groups excluding carboxylic acids is 1. The van der Waals surface area contributed by atoms with E-state index in [9.17, 15) is 4.79 Å². The minimum atomic E-state index is -0.328. The summed E-state index contributed by atoms with van der Waals surface area (Å²) in [5.41, 5.74) is 3.66. The summed E-state index contributed by atoms with van der Waals surface area (Å²) in [6.07, 6.45) is 3.88. The van der Waals surface area contributed by atoms with E-state index < -0.39 is 0 Å². The molecule has 0 unspecified atom stereocenters. The second-order valence-electron chi connectivity index (χ2n) is 5.30. The Morgan fingerprint density at radius 2 is 2.19 bits per heavy atom. The van der Waals surface area contributed by atoms with Crippen LogP contribution < -0.4 is 5.32 Å². The highest BCUT2D eigenvalue weighted by atomic mass is 16.5. The van der Waals surface area contributed by atoms with Gasteiger partial charge in [-0.25, -0.2) is 4.79 Å². The fourth-order valence-corrected chi connectivity index (χ4v) is 2.01. The molecule has 0 aliphatic carbocycles. The van der Waals surface area contributed by atoms with Crippen molar-refractivity contribution >= 4 is 11.7 Å². The number of methoxy groups -OCH3 is 1. The zero-order valence-electron chi connectivity index (χ0n) is 12.9. The molecule has 1 aromatic heterocycles. The van der Waals surface area contributed by atoms with Crippen LogP contribution in [0.15, 0.2) is 30.6 Å². The number of anilines is 1. The smallest absolute Gasteiger partial charge is 0.337 e. The number of rotatable bonds is 5. The highest BCUT2D eigenvalue weighted by molar-refractivity contribution is 5.90. The third-order valence-corrected chi connectivity index (χ3v) is 3.33. The fourth-order valence-electron chi connectivity index (χ4n) is 2.01. The zero-order chi connectivity index (χ0) is 15.4. The molecule has 1 N–H and O–H groups in total. The summed E-state index contributed by atoms with van der Waals surface area (Å²) < 4.78 is 6.67. The summed E-state index contributed by atoms with van der Waals surface area (Å²) in [6, 6.07) is 5.84. The summed E-state index contributed by atoms with van der Waals surface area (Å²) in [4.78, 5) is 11.6. The molecule has 1 heterocycles. The van der Waals surface area contributed by atoms with Crippen LogP contribution in [0.3, 0.4) is 0 Å². The molecule has 0 saturated heterocycles. The van der Waals surface area contributed by atoms with E-state index in [-0.39, 0.29) is 5.97 Å². The van der Waals surface area contributed by atoms with Crippen LogP contribution in [0.5, 0.6) is 0 Å². The SMILES string of the molecule is COC(=O)c1ccc(C)c(NCc2cnn(C(C)C)c2)c1. The molecule has 1 aromatic carbocycles. The third kappa shape index (κ3) is 3.62. The number of hydrogen-bond donors (Lipinski definition) is 1. The second-order valence-corrected chi connectivity index (χ2v) is 5.30. The average molecular weight is 287 g/mol. The number of aryl methyl sites for hydroxylation is 1. The Hall–Kier alpha value is -2.30.